The molecule has 11 nitrogen and oxygen atoms in total. The normalized spacial score (nSPS) is 24.3. The van der Waals surface area contributed by atoms with Gasteiger partial charge in [-0.1, -0.05) is 91.0 Å². The maximum absolute atomic E-state index is 12.0. The summed E-state index contributed by atoms with van der Waals surface area (Å²) in [6, 6.07) is 28.6. The van der Waals surface area contributed by atoms with E-state index in [1.807, 2.05) is 91.0 Å². The summed E-state index contributed by atoms with van der Waals surface area (Å²) in [5.41, 5.74) is -1.05. The second-order valence-electron chi connectivity index (χ2n) is 9.88. The van der Waals surface area contributed by atoms with Crippen molar-refractivity contribution in [1.82, 2.24) is 19.5 Å². The quantitative estimate of drug-likeness (QED) is 0.105. The summed E-state index contributed by atoms with van der Waals surface area (Å²) in [5.74, 6) is -2.53. The fraction of sp³-hybridized carbons (Fsp3) is 0.258. The van der Waals surface area contributed by atoms with Gasteiger partial charge >= 0.3 is 0 Å². The van der Waals surface area contributed by atoms with Crippen molar-refractivity contribution >= 4 is 11.2 Å². The van der Waals surface area contributed by atoms with Gasteiger partial charge in [0.15, 0.2) is 11.2 Å². The lowest BCUT2D eigenvalue weighted by molar-refractivity contribution is -0.469. The zero-order valence-electron chi connectivity index (χ0n) is 22.9. The lowest BCUT2D eigenvalue weighted by Crippen LogP contribution is -2.69. The van der Waals surface area contributed by atoms with Gasteiger partial charge in [0.1, 0.15) is 18.5 Å². The van der Waals surface area contributed by atoms with Crippen molar-refractivity contribution in [1.29, 1.82) is 0 Å². The van der Waals surface area contributed by atoms with Crippen LogP contribution in [0.5, 0.6) is 5.88 Å². The monoisotopic (exact) mass is 570 g/mol. The Balaban J connectivity index is 1.91. The lowest BCUT2D eigenvalue weighted by atomic mass is 9.59. The van der Waals surface area contributed by atoms with E-state index < -0.39 is 35.7 Å². The molecule has 0 amide bonds. The highest BCUT2D eigenvalue weighted by atomic mass is 17.2. The molecule has 0 spiro atoms. The number of nitrogens with zero attached hydrogens (tertiary/aromatic N) is 4. The topological polar surface area (TPSA) is 141 Å². The number of benzene rings is 3. The number of methoxy groups -OCH3 is 1. The minimum Gasteiger partial charge on any atom is -0.492 e. The van der Waals surface area contributed by atoms with Gasteiger partial charge in [0.05, 0.1) is 25.5 Å². The molecule has 0 bridgehead atoms. The maximum Gasteiger partial charge on any atom is 0.280 e. The van der Waals surface area contributed by atoms with Crippen LogP contribution in [0.2, 0.25) is 0 Å². The molecule has 6 rings (SSSR count). The predicted octanol–water partition coefficient (Wildman–Crippen LogP) is 2.89. The molecule has 216 valence electrons. The van der Waals surface area contributed by atoms with Crippen LogP contribution in [0.4, 0.5) is 0 Å². The molecular formula is C31H30N4O7. The number of imidazole rings is 1. The summed E-state index contributed by atoms with van der Waals surface area (Å²) in [7, 11) is 2.65. The molecule has 3 aromatic carbocycles. The molecule has 11 heteroatoms. The Bertz CT molecular complexity index is 1560. The molecule has 1 fully saturated rings. The number of hydrogen-bond donors (Lipinski definition) is 3. The van der Waals surface area contributed by atoms with Gasteiger partial charge in [-0.3, -0.25) is 4.57 Å². The summed E-state index contributed by atoms with van der Waals surface area (Å²) in [6.45, 7) is -0.595. The van der Waals surface area contributed by atoms with Crippen LogP contribution >= 0.6 is 0 Å². The zero-order chi connectivity index (χ0) is 29.4. The maximum atomic E-state index is 12.0. The summed E-state index contributed by atoms with van der Waals surface area (Å²) in [6.07, 6.45) is -0.222. The summed E-state index contributed by atoms with van der Waals surface area (Å²) < 4.78 is 14.7. The smallest absolute Gasteiger partial charge is 0.280 e. The van der Waals surface area contributed by atoms with Gasteiger partial charge in [-0.2, -0.15) is 9.87 Å². The van der Waals surface area contributed by atoms with E-state index in [4.69, 9.17) is 19.2 Å². The highest BCUT2D eigenvalue weighted by Gasteiger charge is 2.79. The Morgan fingerprint density at radius 3 is 1.88 bits per heavy atom. The van der Waals surface area contributed by atoms with Gasteiger partial charge in [-0.25, -0.2) is 14.9 Å². The number of aromatic hydroxyl groups is 1. The molecule has 1 aliphatic heterocycles. The minimum atomic E-state index is -2.18. The Labute approximate surface area is 241 Å². The first-order valence-electron chi connectivity index (χ1n) is 13.3. The van der Waals surface area contributed by atoms with Crippen LogP contribution in [0.1, 0.15) is 16.7 Å². The van der Waals surface area contributed by atoms with Gasteiger partial charge in [0.2, 0.25) is 11.6 Å². The van der Waals surface area contributed by atoms with E-state index in [-0.39, 0.29) is 17.0 Å². The van der Waals surface area contributed by atoms with Gasteiger partial charge in [-0.15, -0.1) is 0 Å². The largest absolute Gasteiger partial charge is 0.492 e. The first kappa shape index (κ1) is 27.9. The third-order valence-electron chi connectivity index (χ3n) is 8.01. The standard InChI is InChI=1S/C31H30N4O7/c1-39-30(42-40-2)26(37)24(18-36)41-31(30,35-20-34-25-27(35)32-19-33-28(25)38)29(21-12-6-3-7-13-21,22-14-8-4-9-15-22)23-16-10-5-11-17-23/h3-17,19-20,24,26,36-37H,18H2,1-2H3,(H,32,33,38)/t24-,26-,30-,31-/m1/s1. The molecule has 0 saturated carbocycles. The average molecular weight is 571 g/mol. The fourth-order valence-electron chi connectivity index (χ4n) is 6.43. The van der Waals surface area contributed by atoms with Crippen molar-refractivity contribution in [3.63, 3.8) is 0 Å². The van der Waals surface area contributed by atoms with Crippen LogP contribution in [0, 0.1) is 0 Å². The van der Waals surface area contributed by atoms with Crippen molar-refractivity contribution in [2.75, 3.05) is 20.8 Å². The van der Waals surface area contributed by atoms with Crippen molar-refractivity contribution < 1.29 is 34.6 Å². The third-order valence-corrected chi connectivity index (χ3v) is 8.01. The molecule has 2 aromatic heterocycles. The summed E-state index contributed by atoms with van der Waals surface area (Å²) >= 11 is 0. The van der Waals surface area contributed by atoms with Gasteiger partial charge in [-0.05, 0) is 16.7 Å². The average Bonchev–Trinajstić information content (AvgIpc) is 3.58. The molecule has 0 aliphatic carbocycles. The summed E-state index contributed by atoms with van der Waals surface area (Å²) in [5, 5.41) is 33.2. The van der Waals surface area contributed by atoms with Crippen LogP contribution in [0.3, 0.4) is 0 Å². The van der Waals surface area contributed by atoms with E-state index in [0.717, 1.165) is 16.7 Å². The minimum absolute atomic E-state index is 0.0768. The van der Waals surface area contributed by atoms with Crippen LogP contribution in [0.15, 0.2) is 104 Å². The molecule has 4 atom stereocenters. The number of hydrogen-bond acceptors (Lipinski definition) is 10. The van der Waals surface area contributed by atoms with Crippen molar-refractivity contribution in [3.8, 4) is 5.88 Å². The summed E-state index contributed by atoms with van der Waals surface area (Å²) in [4.78, 5) is 24.1. The highest BCUT2D eigenvalue weighted by molar-refractivity contribution is 5.76. The molecule has 0 unspecified atom stereocenters. The molecule has 3 heterocycles. The van der Waals surface area contributed by atoms with Gasteiger partial charge < -0.3 is 24.8 Å². The lowest BCUT2D eigenvalue weighted by Gasteiger charge is -2.55. The van der Waals surface area contributed by atoms with Crippen LogP contribution in [0.25, 0.3) is 11.2 Å². The van der Waals surface area contributed by atoms with Crippen molar-refractivity contribution in [2.45, 2.75) is 29.1 Å². The van der Waals surface area contributed by atoms with Gasteiger partial charge in [0, 0.05) is 7.11 Å². The Morgan fingerprint density at radius 1 is 0.857 bits per heavy atom. The molecule has 0 radical (unpaired) electrons. The second kappa shape index (κ2) is 10.9. The van der Waals surface area contributed by atoms with E-state index in [1.165, 1.54) is 26.9 Å². The SMILES string of the molecule is COO[C@]1(OC)[C@H](O)[C@@H](CO)O[C@]1(n1cnc2c(O)ncnc21)C(c1ccccc1)(c1ccccc1)c1ccccc1. The number of aliphatic hydroxyl groups excluding tert-OH is 2. The molecule has 3 N–H and O–H groups in total. The Morgan fingerprint density at radius 2 is 1.40 bits per heavy atom. The van der Waals surface area contributed by atoms with E-state index in [2.05, 4.69) is 15.0 Å². The van der Waals surface area contributed by atoms with E-state index in [0.29, 0.717) is 0 Å². The second-order valence-corrected chi connectivity index (χ2v) is 9.88. The molecule has 42 heavy (non-hydrogen) atoms. The molecule has 5 aromatic rings. The van der Waals surface area contributed by atoms with Crippen LogP contribution < -0.4 is 0 Å². The van der Waals surface area contributed by atoms with Crippen molar-refractivity contribution in [2.24, 2.45) is 0 Å². The van der Waals surface area contributed by atoms with E-state index in [9.17, 15) is 15.3 Å². The fourth-order valence-corrected chi connectivity index (χ4v) is 6.43. The van der Waals surface area contributed by atoms with Crippen LogP contribution in [-0.2, 0) is 30.4 Å². The number of aromatic nitrogens is 4. The van der Waals surface area contributed by atoms with Crippen molar-refractivity contribution in [3.05, 3.63) is 120 Å². The Kier molecular flexibility index (Phi) is 7.23. The number of aliphatic hydroxyl groups is 2. The number of ether oxygens (including phenoxy) is 2. The molecular weight excluding hydrogens is 540 g/mol. The third kappa shape index (κ3) is 3.66. The first-order chi connectivity index (χ1) is 20.5. The molecule has 1 aliphatic rings. The van der Waals surface area contributed by atoms with Crippen LogP contribution in [-0.4, -0.2) is 73.7 Å². The van der Waals surface area contributed by atoms with Gasteiger partial charge in [0.25, 0.3) is 5.79 Å². The van der Waals surface area contributed by atoms with E-state index in [1.54, 1.807) is 4.57 Å². The molecule has 1 saturated heterocycles. The number of rotatable bonds is 9. The van der Waals surface area contributed by atoms with E-state index >= 15 is 0 Å². The zero-order valence-corrected chi connectivity index (χ0v) is 22.9. The predicted molar refractivity (Wildman–Crippen MR) is 150 cm³/mol. The first-order valence-corrected chi connectivity index (χ1v) is 13.3. The highest BCUT2D eigenvalue weighted by Crippen LogP contribution is 2.62. The number of fused-ring (bicyclic) bond motifs is 1. The Hall–Kier alpha value is -4.23.